The zero-order valence-electron chi connectivity index (χ0n) is 10.2. The summed E-state index contributed by atoms with van der Waals surface area (Å²) >= 11 is 0. The van der Waals surface area contributed by atoms with Gasteiger partial charge in [0, 0.05) is 6.04 Å². The molecule has 0 aliphatic carbocycles. The third-order valence-electron chi connectivity index (χ3n) is 2.35. The number of carbonyl (C=O) groups excluding carboxylic acids is 1. The molecule has 1 aromatic carbocycles. The van der Waals surface area contributed by atoms with Gasteiger partial charge in [0.25, 0.3) is 5.91 Å². The number of rotatable bonds is 6. The highest BCUT2D eigenvalue weighted by Gasteiger charge is 2.19. The molecule has 0 radical (unpaired) electrons. The van der Waals surface area contributed by atoms with Crippen molar-refractivity contribution in [3.05, 3.63) is 30.3 Å². The van der Waals surface area contributed by atoms with E-state index in [9.17, 15) is 4.79 Å². The number of aliphatic hydroxyl groups is 1. The summed E-state index contributed by atoms with van der Waals surface area (Å²) in [6.45, 7) is 3.55. The maximum absolute atomic E-state index is 11.8. The molecule has 0 bridgehead atoms. The second-order valence-corrected chi connectivity index (χ2v) is 3.92. The van der Waals surface area contributed by atoms with E-state index in [0.29, 0.717) is 12.2 Å². The Balaban J connectivity index is 2.56. The Morgan fingerprint density at radius 3 is 2.59 bits per heavy atom. The van der Waals surface area contributed by atoms with E-state index in [1.54, 1.807) is 6.92 Å². The van der Waals surface area contributed by atoms with Crippen LogP contribution in [0.2, 0.25) is 0 Å². The summed E-state index contributed by atoms with van der Waals surface area (Å²) in [4.78, 5) is 11.8. The van der Waals surface area contributed by atoms with Gasteiger partial charge in [-0.2, -0.15) is 0 Å². The van der Waals surface area contributed by atoms with E-state index in [0.717, 1.165) is 0 Å². The lowest BCUT2D eigenvalue weighted by molar-refractivity contribution is -0.129. The lowest BCUT2D eigenvalue weighted by Gasteiger charge is -2.19. The van der Waals surface area contributed by atoms with Gasteiger partial charge in [-0.15, -0.1) is 0 Å². The molecule has 2 atom stereocenters. The minimum Gasteiger partial charge on any atom is -0.481 e. The van der Waals surface area contributed by atoms with E-state index in [1.807, 2.05) is 37.3 Å². The van der Waals surface area contributed by atoms with Crippen LogP contribution in [0.15, 0.2) is 30.3 Å². The molecule has 0 heterocycles. The van der Waals surface area contributed by atoms with Crippen LogP contribution in [0.4, 0.5) is 0 Å². The summed E-state index contributed by atoms with van der Waals surface area (Å²) in [6.07, 6.45) is 0.0604. The molecule has 0 saturated heterocycles. The maximum atomic E-state index is 11.8. The van der Waals surface area contributed by atoms with Crippen molar-refractivity contribution in [2.24, 2.45) is 0 Å². The van der Waals surface area contributed by atoms with E-state index >= 15 is 0 Å². The number of benzene rings is 1. The highest BCUT2D eigenvalue weighted by Crippen LogP contribution is 2.12. The van der Waals surface area contributed by atoms with Gasteiger partial charge in [-0.25, -0.2) is 0 Å². The van der Waals surface area contributed by atoms with E-state index in [-0.39, 0.29) is 18.6 Å². The molecule has 0 aliphatic heterocycles. The normalized spacial score (nSPS) is 13.8. The van der Waals surface area contributed by atoms with Crippen molar-refractivity contribution in [2.75, 3.05) is 6.61 Å². The van der Waals surface area contributed by atoms with Crippen molar-refractivity contribution in [1.29, 1.82) is 0 Å². The van der Waals surface area contributed by atoms with Gasteiger partial charge in [0.05, 0.1) is 6.61 Å². The first-order valence-electron chi connectivity index (χ1n) is 5.80. The molecule has 0 spiro atoms. The molecule has 4 nitrogen and oxygen atoms in total. The van der Waals surface area contributed by atoms with Crippen LogP contribution in [0.5, 0.6) is 5.75 Å². The third-order valence-corrected chi connectivity index (χ3v) is 2.35. The SMILES string of the molecule is CCC(Oc1ccccc1)C(=O)N[C@@H](C)CO. The lowest BCUT2D eigenvalue weighted by atomic mass is 10.2. The third kappa shape index (κ3) is 4.44. The van der Waals surface area contributed by atoms with Crippen LogP contribution >= 0.6 is 0 Å². The summed E-state index contributed by atoms with van der Waals surface area (Å²) in [7, 11) is 0. The topological polar surface area (TPSA) is 58.6 Å². The van der Waals surface area contributed by atoms with Crippen molar-refractivity contribution in [1.82, 2.24) is 5.32 Å². The number of amides is 1. The molecule has 0 fully saturated rings. The minimum atomic E-state index is -0.522. The van der Waals surface area contributed by atoms with Crippen LogP contribution in [0.25, 0.3) is 0 Å². The predicted octanol–water partition coefficient (Wildman–Crippen LogP) is 1.34. The average Bonchev–Trinajstić information content (AvgIpc) is 2.36. The van der Waals surface area contributed by atoms with Crippen LogP contribution in [0.1, 0.15) is 20.3 Å². The van der Waals surface area contributed by atoms with Crippen molar-refractivity contribution >= 4 is 5.91 Å². The van der Waals surface area contributed by atoms with Crippen LogP contribution in [-0.2, 0) is 4.79 Å². The monoisotopic (exact) mass is 237 g/mol. The van der Waals surface area contributed by atoms with E-state index in [2.05, 4.69) is 5.32 Å². The molecule has 2 N–H and O–H groups in total. The molecule has 1 rings (SSSR count). The smallest absolute Gasteiger partial charge is 0.261 e. The maximum Gasteiger partial charge on any atom is 0.261 e. The van der Waals surface area contributed by atoms with Crippen LogP contribution < -0.4 is 10.1 Å². The summed E-state index contributed by atoms with van der Waals surface area (Å²) in [5, 5.41) is 11.6. The Bertz CT molecular complexity index is 340. The average molecular weight is 237 g/mol. The molecule has 94 valence electrons. The fourth-order valence-corrected chi connectivity index (χ4v) is 1.37. The molecule has 0 saturated carbocycles. The number of hydrogen-bond donors (Lipinski definition) is 2. The van der Waals surface area contributed by atoms with Crippen LogP contribution in [0, 0.1) is 0 Å². The van der Waals surface area contributed by atoms with Gasteiger partial charge >= 0.3 is 0 Å². The molecule has 1 amide bonds. The van der Waals surface area contributed by atoms with Gasteiger partial charge in [-0.3, -0.25) is 4.79 Å². The number of para-hydroxylation sites is 1. The standard InChI is InChI=1S/C13H19NO3/c1-3-12(13(16)14-10(2)9-15)17-11-7-5-4-6-8-11/h4-8,10,12,15H,3,9H2,1-2H3,(H,14,16)/t10-,12?/m0/s1. The lowest BCUT2D eigenvalue weighted by Crippen LogP contribution is -2.43. The molecular formula is C13H19NO3. The van der Waals surface area contributed by atoms with Gasteiger partial charge in [-0.1, -0.05) is 25.1 Å². The first-order chi connectivity index (χ1) is 8.17. The predicted molar refractivity (Wildman–Crippen MR) is 65.8 cm³/mol. The summed E-state index contributed by atoms with van der Waals surface area (Å²) in [5.41, 5.74) is 0. The van der Waals surface area contributed by atoms with E-state index in [1.165, 1.54) is 0 Å². The van der Waals surface area contributed by atoms with E-state index in [4.69, 9.17) is 9.84 Å². The Labute approximate surface area is 102 Å². The van der Waals surface area contributed by atoms with Crippen molar-refractivity contribution in [3.63, 3.8) is 0 Å². The number of nitrogens with one attached hydrogen (secondary N) is 1. The Kier molecular flexibility index (Phi) is 5.49. The molecule has 0 aliphatic rings. The zero-order valence-corrected chi connectivity index (χ0v) is 10.2. The zero-order chi connectivity index (χ0) is 12.7. The van der Waals surface area contributed by atoms with Gasteiger partial charge in [0.1, 0.15) is 5.75 Å². The molecular weight excluding hydrogens is 218 g/mol. The molecule has 17 heavy (non-hydrogen) atoms. The van der Waals surface area contributed by atoms with Crippen LogP contribution in [-0.4, -0.2) is 29.8 Å². The van der Waals surface area contributed by atoms with Crippen molar-refractivity contribution in [2.45, 2.75) is 32.4 Å². The fourth-order valence-electron chi connectivity index (χ4n) is 1.37. The Morgan fingerprint density at radius 2 is 2.06 bits per heavy atom. The first-order valence-corrected chi connectivity index (χ1v) is 5.80. The Hall–Kier alpha value is -1.55. The molecule has 1 unspecified atom stereocenters. The number of hydrogen-bond acceptors (Lipinski definition) is 3. The fraction of sp³-hybridized carbons (Fsp3) is 0.462. The summed E-state index contributed by atoms with van der Waals surface area (Å²) in [5.74, 6) is 0.476. The molecule has 4 heteroatoms. The summed E-state index contributed by atoms with van der Waals surface area (Å²) < 4.78 is 5.58. The highest BCUT2D eigenvalue weighted by molar-refractivity contribution is 5.81. The number of carbonyl (C=O) groups is 1. The number of aliphatic hydroxyl groups excluding tert-OH is 1. The van der Waals surface area contributed by atoms with Gasteiger partial charge in [-0.05, 0) is 25.5 Å². The molecule has 0 aromatic heterocycles. The quantitative estimate of drug-likeness (QED) is 0.785. The largest absolute Gasteiger partial charge is 0.481 e. The second kappa shape index (κ2) is 6.91. The Morgan fingerprint density at radius 1 is 1.41 bits per heavy atom. The molecule has 1 aromatic rings. The van der Waals surface area contributed by atoms with Gasteiger partial charge in [0.15, 0.2) is 6.10 Å². The van der Waals surface area contributed by atoms with Gasteiger partial charge in [0.2, 0.25) is 0 Å². The number of ether oxygens (including phenoxy) is 1. The van der Waals surface area contributed by atoms with Crippen molar-refractivity contribution < 1.29 is 14.6 Å². The summed E-state index contributed by atoms with van der Waals surface area (Å²) in [6, 6.07) is 8.97. The highest BCUT2D eigenvalue weighted by atomic mass is 16.5. The first kappa shape index (κ1) is 13.5. The second-order valence-electron chi connectivity index (χ2n) is 3.92. The van der Waals surface area contributed by atoms with E-state index < -0.39 is 6.10 Å². The van der Waals surface area contributed by atoms with Gasteiger partial charge < -0.3 is 15.2 Å². The van der Waals surface area contributed by atoms with Crippen molar-refractivity contribution in [3.8, 4) is 5.75 Å². The minimum absolute atomic E-state index is 0.0759. The van der Waals surface area contributed by atoms with Crippen LogP contribution in [0.3, 0.4) is 0 Å².